The summed E-state index contributed by atoms with van der Waals surface area (Å²) in [4.78, 5) is 26.1. The van der Waals surface area contributed by atoms with Crippen molar-refractivity contribution in [3.05, 3.63) is 72.9 Å². The summed E-state index contributed by atoms with van der Waals surface area (Å²) < 4.78 is 5.90. The number of carbonyl (C=O) groups is 2. The molecule has 60 heavy (non-hydrogen) atoms. The van der Waals surface area contributed by atoms with Crippen LogP contribution in [0.5, 0.6) is 0 Å². The van der Waals surface area contributed by atoms with Crippen LogP contribution in [0, 0.1) is 0 Å². The number of aliphatic hydroxyl groups excluding tert-OH is 2. The summed E-state index contributed by atoms with van der Waals surface area (Å²) in [6.07, 6.45) is 59.6. The Morgan fingerprint density at radius 1 is 0.500 bits per heavy atom. The SMILES string of the molecule is CC/C=C/C/C=C/C/C=C/CCCCCCC(=O)OC(CCCC/C=C\C/C=C\C/C=C\CCCCC)CC(=O)NC(CO)C(O)CCCCCCCCCCCCCC. The summed E-state index contributed by atoms with van der Waals surface area (Å²) >= 11 is 0. The lowest BCUT2D eigenvalue weighted by atomic mass is 10.0. The molecule has 6 nitrogen and oxygen atoms in total. The minimum atomic E-state index is -0.804. The molecule has 0 bridgehead atoms. The van der Waals surface area contributed by atoms with E-state index < -0.39 is 18.2 Å². The summed E-state index contributed by atoms with van der Waals surface area (Å²) in [5.74, 6) is -0.540. The van der Waals surface area contributed by atoms with Crippen molar-refractivity contribution in [1.82, 2.24) is 5.32 Å². The van der Waals surface area contributed by atoms with Crippen molar-refractivity contribution in [1.29, 1.82) is 0 Å². The Balaban J connectivity index is 4.71. The molecular formula is C54H95NO5. The molecule has 346 valence electrons. The van der Waals surface area contributed by atoms with Gasteiger partial charge in [-0.2, -0.15) is 0 Å². The molecule has 6 heteroatoms. The van der Waals surface area contributed by atoms with E-state index >= 15 is 0 Å². The summed E-state index contributed by atoms with van der Waals surface area (Å²) in [7, 11) is 0. The van der Waals surface area contributed by atoms with Crippen LogP contribution in [0.25, 0.3) is 0 Å². The first-order chi connectivity index (χ1) is 29.5. The van der Waals surface area contributed by atoms with Gasteiger partial charge in [0.25, 0.3) is 0 Å². The van der Waals surface area contributed by atoms with Gasteiger partial charge in [-0.1, -0.05) is 196 Å². The van der Waals surface area contributed by atoms with Crippen molar-refractivity contribution in [2.75, 3.05) is 6.61 Å². The van der Waals surface area contributed by atoms with E-state index in [1.807, 2.05) is 0 Å². The molecule has 0 spiro atoms. The van der Waals surface area contributed by atoms with Gasteiger partial charge in [-0.3, -0.25) is 9.59 Å². The Bertz CT molecular complexity index is 1120. The molecule has 3 N–H and O–H groups in total. The van der Waals surface area contributed by atoms with Gasteiger partial charge >= 0.3 is 5.97 Å². The number of rotatable bonds is 44. The minimum absolute atomic E-state index is 0.0399. The number of hydrogen-bond acceptors (Lipinski definition) is 5. The number of nitrogens with one attached hydrogen (secondary N) is 1. The van der Waals surface area contributed by atoms with Crippen molar-refractivity contribution in [2.45, 2.75) is 251 Å². The highest BCUT2D eigenvalue weighted by Crippen LogP contribution is 2.17. The molecule has 0 rings (SSSR count). The zero-order chi connectivity index (χ0) is 43.8. The maximum absolute atomic E-state index is 13.2. The number of amides is 1. The van der Waals surface area contributed by atoms with Crippen molar-refractivity contribution >= 4 is 11.9 Å². The van der Waals surface area contributed by atoms with E-state index in [1.54, 1.807) is 0 Å². The highest BCUT2D eigenvalue weighted by atomic mass is 16.5. The second-order valence-corrected chi connectivity index (χ2v) is 16.8. The molecule has 0 aromatic heterocycles. The minimum Gasteiger partial charge on any atom is -0.462 e. The van der Waals surface area contributed by atoms with Gasteiger partial charge in [-0.05, 0) is 96.3 Å². The summed E-state index contributed by atoms with van der Waals surface area (Å²) in [6, 6.07) is -0.721. The van der Waals surface area contributed by atoms with Crippen LogP contribution in [-0.2, 0) is 14.3 Å². The van der Waals surface area contributed by atoms with Gasteiger partial charge in [-0.15, -0.1) is 0 Å². The fourth-order valence-corrected chi connectivity index (χ4v) is 7.21. The molecule has 0 aromatic rings. The van der Waals surface area contributed by atoms with Crippen LogP contribution in [-0.4, -0.2) is 46.9 Å². The lowest BCUT2D eigenvalue weighted by Gasteiger charge is -2.24. The molecule has 1 amide bonds. The lowest BCUT2D eigenvalue weighted by Crippen LogP contribution is -2.46. The number of esters is 1. The lowest BCUT2D eigenvalue weighted by molar-refractivity contribution is -0.151. The standard InChI is InChI=1S/C54H95NO5/c1-4-7-10-13-16-19-22-25-27-28-30-33-36-39-42-45-50(60-54(59)47-44-41-38-35-32-29-26-23-20-17-14-11-8-5-2)48-53(58)55-51(49-56)52(57)46-43-40-37-34-31-24-21-18-15-12-9-6-3/h8,11,16-17,19-20,25-27,29-30,33,50-52,56-57H,4-7,9-10,12-15,18,21-24,28,31-32,34-49H2,1-3H3,(H,55,58)/b11-8+,19-16-,20-17+,27-25-,29-26+,33-30-. The van der Waals surface area contributed by atoms with E-state index in [0.29, 0.717) is 19.3 Å². The normalized spacial score (nSPS) is 13.9. The zero-order valence-electron chi connectivity index (χ0n) is 39.3. The van der Waals surface area contributed by atoms with Crippen LogP contribution in [0.1, 0.15) is 233 Å². The first kappa shape index (κ1) is 57.3. The molecule has 0 aliphatic rings. The molecule has 0 saturated heterocycles. The van der Waals surface area contributed by atoms with Gasteiger partial charge in [0, 0.05) is 6.42 Å². The number of carbonyl (C=O) groups excluding carboxylic acids is 2. The van der Waals surface area contributed by atoms with Crippen LogP contribution in [0.4, 0.5) is 0 Å². The molecule has 0 aromatic carbocycles. The average Bonchev–Trinajstić information content (AvgIpc) is 3.24. The fourth-order valence-electron chi connectivity index (χ4n) is 7.21. The second-order valence-electron chi connectivity index (χ2n) is 16.8. The van der Waals surface area contributed by atoms with Crippen molar-refractivity contribution in [3.8, 4) is 0 Å². The number of allylic oxidation sites excluding steroid dienone is 12. The molecule has 3 atom stereocenters. The van der Waals surface area contributed by atoms with Crippen LogP contribution in [0.2, 0.25) is 0 Å². The van der Waals surface area contributed by atoms with E-state index in [4.69, 9.17) is 4.74 Å². The smallest absolute Gasteiger partial charge is 0.306 e. The third kappa shape index (κ3) is 42.0. The molecule has 0 radical (unpaired) electrons. The van der Waals surface area contributed by atoms with Crippen molar-refractivity contribution < 1.29 is 24.5 Å². The maximum atomic E-state index is 13.2. The number of hydrogen-bond donors (Lipinski definition) is 3. The van der Waals surface area contributed by atoms with Crippen LogP contribution >= 0.6 is 0 Å². The monoisotopic (exact) mass is 838 g/mol. The van der Waals surface area contributed by atoms with E-state index in [0.717, 1.165) is 103 Å². The van der Waals surface area contributed by atoms with Gasteiger partial charge in [0.05, 0.1) is 25.2 Å². The van der Waals surface area contributed by atoms with E-state index in [2.05, 4.69) is 99.0 Å². The maximum Gasteiger partial charge on any atom is 0.306 e. The highest BCUT2D eigenvalue weighted by Gasteiger charge is 2.24. The molecule has 0 fully saturated rings. The Morgan fingerprint density at radius 2 is 0.900 bits per heavy atom. The third-order valence-corrected chi connectivity index (χ3v) is 11.0. The number of ether oxygens (including phenoxy) is 1. The first-order valence-electron chi connectivity index (χ1n) is 25.2. The molecule has 3 unspecified atom stereocenters. The molecule has 0 aliphatic carbocycles. The molecule has 0 aliphatic heterocycles. The average molecular weight is 838 g/mol. The van der Waals surface area contributed by atoms with Gasteiger partial charge in [0.2, 0.25) is 5.91 Å². The number of aliphatic hydroxyl groups is 2. The summed E-state index contributed by atoms with van der Waals surface area (Å²) in [5, 5.41) is 23.7. The highest BCUT2D eigenvalue weighted by molar-refractivity contribution is 5.77. The third-order valence-electron chi connectivity index (χ3n) is 11.0. The van der Waals surface area contributed by atoms with E-state index in [1.165, 1.54) is 83.5 Å². The molecular weight excluding hydrogens is 743 g/mol. The first-order valence-corrected chi connectivity index (χ1v) is 25.2. The number of unbranched alkanes of at least 4 members (excludes halogenated alkanes) is 20. The van der Waals surface area contributed by atoms with Gasteiger partial charge in [0.15, 0.2) is 0 Å². The summed E-state index contributed by atoms with van der Waals surface area (Å²) in [5.41, 5.74) is 0. The fraction of sp³-hybridized carbons (Fsp3) is 0.741. The van der Waals surface area contributed by atoms with E-state index in [-0.39, 0.29) is 24.9 Å². The Hall–Kier alpha value is -2.70. The predicted molar refractivity (Wildman–Crippen MR) is 259 cm³/mol. The van der Waals surface area contributed by atoms with Crippen LogP contribution < -0.4 is 5.32 Å². The van der Waals surface area contributed by atoms with Crippen LogP contribution in [0.15, 0.2) is 72.9 Å². The second kappa shape index (κ2) is 47.4. The molecule has 0 saturated carbocycles. The Kier molecular flexibility index (Phi) is 45.2. The zero-order valence-corrected chi connectivity index (χ0v) is 39.3. The Labute approximate surface area is 371 Å². The molecule has 0 heterocycles. The van der Waals surface area contributed by atoms with Gasteiger partial charge in [-0.25, -0.2) is 0 Å². The van der Waals surface area contributed by atoms with Gasteiger partial charge in [0.1, 0.15) is 6.10 Å². The van der Waals surface area contributed by atoms with E-state index in [9.17, 15) is 19.8 Å². The van der Waals surface area contributed by atoms with Crippen molar-refractivity contribution in [2.24, 2.45) is 0 Å². The van der Waals surface area contributed by atoms with Crippen LogP contribution in [0.3, 0.4) is 0 Å². The van der Waals surface area contributed by atoms with Crippen molar-refractivity contribution in [3.63, 3.8) is 0 Å². The van der Waals surface area contributed by atoms with Gasteiger partial charge < -0.3 is 20.3 Å². The summed E-state index contributed by atoms with van der Waals surface area (Å²) in [6.45, 7) is 6.32. The topological polar surface area (TPSA) is 95.9 Å². The Morgan fingerprint density at radius 3 is 1.42 bits per heavy atom. The quantitative estimate of drug-likeness (QED) is 0.0323. The predicted octanol–water partition coefficient (Wildman–Crippen LogP) is 15.0. The largest absolute Gasteiger partial charge is 0.462 e.